The van der Waals surface area contributed by atoms with Gasteiger partial charge in [0.2, 0.25) is 5.75 Å². The second-order valence-electron chi connectivity index (χ2n) is 4.60. The van der Waals surface area contributed by atoms with E-state index in [1.54, 1.807) is 31.4 Å². The van der Waals surface area contributed by atoms with Crippen LogP contribution >= 0.6 is 22.6 Å². The van der Waals surface area contributed by atoms with Crippen LogP contribution in [0.15, 0.2) is 36.4 Å². The lowest BCUT2D eigenvalue weighted by Crippen LogP contribution is -2.12. The second kappa shape index (κ2) is 8.05. The summed E-state index contributed by atoms with van der Waals surface area (Å²) in [5, 5.41) is 0. The number of esters is 1. The first-order valence-corrected chi connectivity index (χ1v) is 7.91. The molecule has 0 aliphatic rings. The zero-order chi connectivity index (χ0) is 16.8. The third-order valence-corrected chi connectivity index (χ3v) is 3.89. The van der Waals surface area contributed by atoms with Crippen molar-refractivity contribution in [2.45, 2.75) is 6.42 Å². The summed E-state index contributed by atoms with van der Waals surface area (Å²) in [6.07, 6.45) is 0.0650. The van der Waals surface area contributed by atoms with Crippen LogP contribution in [0.3, 0.4) is 0 Å². The molecule has 0 aliphatic heterocycles. The standard InChI is InChI=1S/C17H17IO5/c1-20-14-9-4-11(16(21-2)17(14)22-3)10-15(19)23-13-7-5-12(18)6-8-13/h4-9H,10H2,1-3H3. The maximum absolute atomic E-state index is 12.1. The fraction of sp³-hybridized carbons (Fsp3) is 0.235. The Morgan fingerprint density at radius 2 is 1.57 bits per heavy atom. The van der Waals surface area contributed by atoms with Gasteiger partial charge < -0.3 is 18.9 Å². The molecule has 0 unspecified atom stereocenters. The van der Waals surface area contributed by atoms with Crippen molar-refractivity contribution in [1.29, 1.82) is 0 Å². The lowest BCUT2D eigenvalue weighted by molar-refractivity contribution is -0.133. The van der Waals surface area contributed by atoms with Crippen LogP contribution in [0.1, 0.15) is 5.56 Å². The molecule has 23 heavy (non-hydrogen) atoms. The molecule has 5 nitrogen and oxygen atoms in total. The largest absolute Gasteiger partial charge is 0.493 e. The fourth-order valence-corrected chi connectivity index (χ4v) is 2.49. The summed E-state index contributed by atoms with van der Waals surface area (Å²) in [6.45, 7) is 0. The summed E-state index contributed by atoms with van der Waals surface area (Å²) >= 11 is 2.19. The zero-order valence-electron chi connectivity index (χ0n) is 13.1. The van der Waals surface area contributed by atoms with Crippen LogP contribution in [-0.4, -0.2) is 27.3 Å². The van der Waals surface area contributed by atoms with E-state index in [-0.39, 0.29) is 12.4 Å². The summed E-state index contributed by atoms with van der Waals surface area (Å²) in [5.74, 6) is 1.59. The van der Waals surface area contributed by atoms with Gasteiger partial charge in [-0.2, -0.15) is 0 Å². The van der Waals surface area contributed by atoms with Crippen LogP contribution in [0.25, 0.3) is 0 Å². The van der Waals surface area contributed by atoms with Crippen molar-refractivity contribution in [2.75, 3.05) is 21.3 Å². The Morgan fingerprint density at radius 1 is 0.913 bits per heavy atom. The minimum atomic E-state index is -0.378. The minimum Gasteiger partial charge on any atom is -0.493 e. The second-order valence-corrected chi connectivity index (χ2v) is 5.84. The number of carbonyl (C=O) groups excluding carboxylic acids is 1. The van der Waals surface area contributed by atoms with Crippen LogP contribution in [0.2, 0.25) is 0 Å². The first-order valence-electron chi connectivity index (χ1n) is 6.83. The quantitative estimate of drug-likeness (QED) is 0.401. The predicted molar refractivity (Wildman–Crippen MR) is 94.6 cm³/mol. The molecule has 122 valence electrons. The molecule has 6 heteroatoms. The molecule has 0 N–H and O–H groups in total. The fourth-order valence-electron chi connectivity index (χ4n) is 2.13. The highest BCUT2D eigenvalue weighted by Gasteiger charge is 2.18. The van der Waals surface area contributed by atoms with E-state index in [0.717, 1.165) is 3.57 Å². The van der Waals surface area contributed by atoms with Crippen molar-refractivity contribution in [1.82, 2.24) is 0 Å². The smallest absolute Gasteiger partial charge is 0.315 e. The van der Waals surface area contributed by atoms with Gasteiger partial charge in [-0.05, 0) is 52.9 Å². The Bertz CT molecular complexity index is 682. The summed E-state index contributed by atoms with van der Waals surface area (Å²) in [7, 11) is 4.58. The van der Waals surface area contributed by atoms with Crippen molar-refractivity contribution in [3.05, 3.63) is 45.5 Å². The van der Waals surface area contributed by atoms with E-state index >= 15 is 0 Å². The van der Waals surface area contributed by atoms with Gasteiger partial charge in [0, 0.05) is 9.13 Å². The van der Waals surface area contributed by atoms with Gasteiger partial charge >= 0.3 is 5.97 Å². The SMILES string of the molecule is COc1ccc(CC(=O)Oc2ccc(I)cc2)c(OC)c1OC. The van der Waals surface area contributed by atoms with E-state index in [1.807, 2.05) is 12.1 Å². The summed E-state index contributed by atoms with van der Waals surface area (Å²) in [4.78, 5) is 12.1. The van der Waals surface area contributed by atoms with Crippen molar-refractivity contribution in [3.63, 3.8) is 0 Å². The number of halogens is 1. The van der Waals surface area contributed by atoms with E-state index in [4.69, 9.17) is 18.9 Å². The van der Waals surface area contributed by atoms with Crippen LogP contribution in [0.5, 0.6) is 23.0 Å². The molecule has 0 saturated carbocycles. The van der Waals surface area contributed by atoms with Crippen LogP contribution in [-0.2, 0) is 11.2 Å². The van der Waals surface area contributed by atoms with Crippen molar-refractivity contribution in [2.24, 2.45) is 0 Å². The highest BCUT2D eigenvalue weighted by Crippen LogP contribution is 2.39. The molecule has 0 fully saturated rings. The van der Waals surface area contributed by atoms with Gasteiger partial charge in [0.05, 0.1) is 27.8 Å². The maximum atomic E-state index is 12.1. The van der Waals surface area contributed by atoms with Gasteiger partial charge in [-0.15, -0.1) is 0 Å². The first-order chi connectivity index (χ1) is 11.1. The highest BCUT2D eigenvalue weighted by atomic mass is 127. The number of ether oxygens (including phenoxy) is 4. The van der Waals surface area contributed by atoms with Gasteiger partial charge in [0.1, 0.15) is 5.75 Å². The van der Waals surface area contributed by atoms with Gasteiger partial charge in [0.25, 0.3) is 0 Å². The van der Waals surface area contributed by atoms with Crippen molar-refractivity contribution < 1.29 is 23.7 Å². The first kappa shape index (κ1) is 17.4. The average molecular weight is 428 g/mol. The highest BCUT2D eigenvalue weighted by molar-refractivity contribution is 14.1. The van der Waals surface area contributed by atoms with Gasteiger partial charge in [-0.1, -0.05) is 6.07 Å². The molecule has 0 heterocycles. The van der Waals surface area contributed by atoms with Crippen LogP contribution < -0.4 is 18.9 Å². The van der Waals surface area contributed by atoms with E-state index < -0.39 is 0 Å². The minimum absolute atomic E-state index is 0.0650. The van der Waals surface area contributed by atoms with Crippen LogP contribution in [0, 0.1) is 3.57 Å². The summed E-state index contributed by atoms with van der Waals surface area (Å²) in [5.41, 5.74) is 0.667. The number of carbonyl (C=O) groups is 1. The van der Waals surface area contributed by atoms with Gasteiger partial charge in [0.15, 0.2) is 11.5 Å². The molecule has 2 aromatic carbocycles. The number of methoxy groups -OCH3 is 3. The Morgan fingerprint density at radius 3 is 2.13 bits per heavy atom. The number of rotatable bonds is 6. The molecule has 2 aromatic rings. The number of hydrogen-bond donors (Lipinski definition) is 0. The lowest BCUT2D eigenvalue weighted by atomic mass is 10.1. The van der Waals surface area contributed by atoms with Crippen molar-refractivity contribution >= 4 is 28.6 Å². The Hall–Kier alpha value is -1.96. The maximum Gasteiger partial charge on any atom is 0.315 e. The van der Waals surface area contributed by atoms with E-state index in [1.165, 1.54) is 14.2 Å². The lowest BCUT2D eigenvalue weighted by Gasteiger charge is -2.15. The van der Waals surface area contributed by atoms with Gasteiger partial charge in [-0.25, -0.2) is 0 Å². The molecule has 2 rings (SSSR count). The molecular weight excluding hydrogens is 411 g/mol. The monoisotopic (exact) mass is 428 g/mol. The van der Waals surface area contributed by atoms with E-state index in [0.29, 0.717) is 28.6 Å². The molecule has 0 radical (unpaired) electrons. The van der Waals surface area contributed by atoms with E-state index in [2.05, 4.69) is 22.6 Å². The van der Waals surface area contributed by atoms with E-state index in [9.17, 15) is 4.79 Å². The molecule has 0 amide bonds. The Labute approximate surface area is 148 Å². The van der Waals surface area contributed by atoms with Gasteiger partial charge in [-0.3, -0.25) is 4.79 Å². The molecule has 0 atom stereocenters. The normalized spacial score (nSPS) is 10.1. The summed E-state index contributed by atoms with van der Waals surface area (Å²) < 4.78 is 22.3. The zero-order valence-corrected chi connectivity index (χ0v) is 15.2. The van der Waals surface area contributed by atoms with Crippen molar-refractivity contribution in [3.8, 4) is 23.0 Å². The third-order valence-electron chi connectivity index (χ3n) is 3.17. The molecule has 0 saturated heterocycles. The average Bonchev–Trinajstić information content (AvgIpc) is 2.56. The molecule has 0 bridgehead atoms. The predicted octanol–water partition coefficient (Wildman–Crippen LogP) is 3.47. The molecule has 0 aromatic heterocycles. The molecular formula is C17H17IO5. The van der Waals surface area contributed by atoms with Crippen LogP contribution in [0.4, 0.5) is 0 Å². The number of benzene rings is 2. The third kappa shape index (κ3) is 4.28. The molecule has 0 spiro atoms. The topological polar surface area (TPSA) is 54.0 Å². The summed E-state index contributed by atoms with van der Waals surface area (Å²) in [6, 6.07) is 10.8. The Balaban J connectivity index is 2.18. The number of hydrogen-bond acceptors (Lipinski definition) is 5. The molecule has 0 aliphatic carbocycles. The Kier molecular flexibility index (Phi) is 6.09.